The zero-order chi connectivity index (χ0) is 13.4. The van der Waals surface area contributed by atoms with Gasteiger partial charge < -0.3 is 4.57 Å². The van der Waals surface area contributed by atoms with Crippen molar-refractivity contribution in [1.29, 1.82) is 0 Å². The summed E-state index contributed by atoms with van der Waals surface area (Å²) >= 11 is 3.47. The van der Waals surface area contributed by atoms with E-state index >= 15 is 0 Å². The molecule has 0 aliphatic carbocycles. The van der Waals surface area contributed by atoms with E-state index in [9.17, 15) is 4.39 Å². The molecule has 3 aromatic rings. The van der Waals surface area contributed by atoms with Crippen molar-refractivity contribution in [2.45, 2.75) is 6.42 Å². The lowest BCUT2D eigenvalue weighted by molar-refractivity contribution is 0.627. The number of aromatic nitrogens is 2. The number of hydrogen-bond donors (Lipinski definition) is 0. The average molecular weight is 319 g/mol. The molecule has 0 saturated heterocycles. The molecular formula is C15H12BrFN2. The third-order valence-electron chi connectivity index (χ3n) is 3.21. The minimum absolute atomic E-state index is 0.210. The summed E-state index contributed by atoms with van der Waals surface area (Å²) in [4.78, 5) is 4.62. The van der Waals surface area contributed by atoms with Crippen LogP contribution in [0.25, 0.3) is 11.0 Å². The van der Waals surface area contributed by atoms with Gasteiger partial charge in [-0.1, -0.05) is 28.1 Å². The topological polar surface area (TPSA) is 17.8 Å². The smallest absolute Gasteiger partial charge is 0.123 e. The molecule has 19 heavy (non-hydrogen) atoms. The van der Waals surface area contributed by atoms with Gasteiger partial charge in [0.05, 0.1) is 11.0 Å². The lowest BCUT2D eigenvalue weighted by Crippen LogP contribution is -1.99. The minimum Gasteiger partial charge on any atom is -0.331 e. The highest BCUT2D eigenvalue weighted by Gasteiger charge is 2.08. The summed E-state index contributed by atoms with van der Waals surface area (Å²) in [5, 5.41) is 0. The Morgan fingerprint density at radius 2 is 1.89 bits per heavy atom. The summed E-state index contributed by atoms with van der Waals surface area (Å²) in [6.07, 6.45) is 0.697. The van der Waals surface area contributed by atoms with E-state index in [2.05, 4.69) is 31.5 Å². The molecular weight excluding hydrogens is 307 g/mol. The SMILES string of the molecule is Cn1c(Cc2ccc(F)cc2)nc2ccc(Br)cc21. The van der Waals surface area contributed by atoms with Crippen molar-refractivity contribution in [1.82, 2.24) is 9.55 Å². The van der Waals surface area contributed by atoms with Crippen molar-refractivity contribution in [3.8, 4) is 0 Å². The third-order valence-corrected chi connectivity index (χ3v) is 3.70. The highest BCUT2D eigenvalue weighted by Crippen LogP contribution is 2.21. The van der Waals surface area contributed by atoms with Gasteiger partial charge in [0.25, 0.3) is 0 Å². The van der Waals surface area contributed by atoms with Crippen LogP contribution in [0.3, 0.4) is 0 Å². The lowest BCUT2D eigenvalue weighted by Gasteiger charge is -2.03. The van der Waals surface area contributed by atoms with E-state index in [0.717, 1.165) is 26.9 Å². The Kier molecular flexibility index (Phi) is 3.11. The van der Waals surface area contributed by atoms with E-state index in [4.69, 9.17) is 0 Å². The molecule has 0 saturated carbocycles. The molecule has 0 amide bonds. The van der Waals surface area contributed by atoms with Crippen molar-refractivity contribution in [2.24, 2.45) is 7.05 Å². The van der Waals surface area contributed by atoms with Crippen LogP contribution in [-0.2, 0) is 13.5 Å². The van der Waals surface area contributed by atoms with Crippen molar-refractivity contribution in [2.75, 3.05) is 0 Å². The Hall–Kier alpha value is -1.68. The molecule has 96 valence electrons. The van der Waals surface area contributed by atoms with Gasteiger partial charge in [0.1, 0.15) is 11.6 Å². The van der Waals surface area contributed by atoms with Crippen LogP contribution >= 0.6 is 15.9 Å². The van der Waals surface area contributed by atoms with E-state index < -0.39 is 0 Å². The summed E-state index contributed by atoms with van der Waals surface area (Å²) in [6, 6.07) is 12.6. The maximum atomic E-state index is 12.9. The van der Waals surface area contributed by atoms with Crippen LogP contribution < -0.4 is 0 Å². The first-order chi connectivity index (χ1) is 9.13. The van der Waals surface area contributed by atoms with Crippen LogP contribution in [0.4, 0.5) is 4.39 Å². The number of aryl methyl sites for hydroxylation is 1. The van der Waals surface area contributed by atoms with Crippen molar-refractivity contribution in [3.63, 3.8) is 0 Å². The van der Waals surface area contributed by atoms with Gasteiger partial charge in [-0.25, -0.2) is 9.37 Å². The first kappa shape index (κ1) is 12.4. The van der Waals surface area contributed by atoms with Crippen molar-refractivity contribution in [3.05, 3.63) is 64.1 Å². The lowest BCUT2D eigenvalue weighted by atomic mass is 10.1. The van der Waals surface area contributed by atoms with Gasteiger partial charge in [-0.3, -0.25) is 0 Å². The van der Waals surface area contributed by atoms with E-state index in [-0.39, 0.29) is 5.82 Å². The Morgan fingerprint density at radius 1 is 1.16 bits per heavy atom. The summed E-state index contributed by atoms with van der Waals surface area (Å²) in [7, 11) is 2.00. The Bertz CT molecular complexity index is 732. The monoisotopic (exact) mass is 318 g/mol. The predicted octanol–water partition coefficient (Wildman–Crippen LogP) is 4.07. The largest absolute Gasteiger partial charge is 0.331 e. The van der Waals surface area contributed by atoms with Crippen molar-refractivity contribution >= 4 is 27.0 Å². The maximum absolute atomic E-state index is 12.9. The molecule has 0 radical (unpaired) electrons. The van der Waals surface area contributed by atoms with Gasteiger partial charge in [-0.2, -0.15) is 0 Å². The number of rotatable bonds is 2. The quantitative estimate of drug-likeness (QED) is 0.696. The Morgan fingerprint density at radius 3 is 2.63 bits per heavy atom. The summed E-state index contributed by atoms with van der Waals surface area (Å²) < 4.78 is 16.0. The normalized spacial score (nSPS) is 11.1. The predicted molar refractivity (Wildman–Crippen MR) is 77.6 cm³/mol. The number of fused-ring (bicyclic) bond motifs is 1. The zero-order valence-electron chi connectivity index (χ0n) is 10.4. The van der Waals surface area contributed by atoms with Crippen LogP contribution in [0.15, 0.2) is 46.9 Å². The van der Waals surface area contributed by atoms with Gasteiger partial charge in [0, 0.05) is 17.9 Å². The maximum Gasteiger partial charge on any atom is 0.123 e. The molecule has 3 rings (SSSR count). The summed E-state index contributed by atoms with van der Waals surface area (Å²) in [5.41, 5.74) is 3.12. The van der Waals surface area contributed by atoms with Crippen LogP contribution in [0.1, 0.15) is 11.4 Å². The van der Waals surface area contributed by atoms with Crippen LogP contribution in [0, 0.1) is 5.82 Å². The van der Waals surface area contributed by atoms with E-state index in [1.165, 1.54) is 12.1 Å². The van der Waals surface area contributed by atoms with Gasteiger partial charge in [-0.05, 0) is 35.9 Å². The number of benzene rings is 2. The van der Waals surface area contributed by atoms with E-state index in [1.807, 2.05) is 19.2 Å². The molecule has 2 aromatic carbocycles. The van der Waals surface area contributed by atoms with Gasteiger partial charge in [0.15, 0.2) is 0 Å². The molecule has 4 heteroatoms. The number of nitrogens with zero attached hydrogens (tertiary/aromatic N) is 2. The van der Waals surface area contributed by atoms with Gasteiger partial charge >= 0.3 is 0 Å². The number of imidazole rings is 1. The molecule has 0 aliphatic rings. The number of halogens is 2. The summed E-state index contributed by atoms with van der Waals surface area (Å²) in [6.45, 7) is 0. The molecule has 1 heterocycles. The minimum atomic E-state index is -0.210. The van der Waals surface area contributed by atoms with Crippen molar-refractivity contribution < 1.29 is 4.39 Å². The van der Waals surface area contributed by atoms with Gasteiger partial charge in [-0.15, -0.1) is 0 Å². The molecule has 0 bridgehead atoms. The molecule has 0 aliphatic heterocycles. The molecule has 0 unspecified atom stereocenters. The molecule has 1 aromatic heterocycles. The average Bonchev–Trinajstić information content (AvgIpc) is 2.70. The second kappa shape index (κ2) is 4.78. The molecule has 2 nitrogen and oxygen atoms in total. The first-order valence-corrected chi connectivity index (χ1v) is 6.78. The third kappa shape index (κ3) is 2.40. The fourth-order valence-corrected chi connectivity index (χ4v) is 2.50. The molecule has 0 N–H and O–H groups in total. The Labute approximate surface area is 119 Å². The first-order valence-electron chi connectivity index (χ1n) is 5.99. The molecule has 0 spiro atoms. The summed E-state index contributed by atoms with van der Waals surface area (Å²) in [5.74, 6) is 0.761. The van der Waals surface area contributed by atoms with Gasteiger partial charge in [0.2, 0.25) is 0 Å². The highest BCUT2D eigenvalue weighted by molar-refractivity contribution is 9.10. The zero-order valence-corrected chi connectivity index (χ0v) is 12.0. The van der Waals surface area contributed by atoms with Crippen LogP contribution in [0.5, 0.6) is 0 Å². The fraction of sp³-hybridized carbons (Fsp3) is 0.133. The standard InChI is InChI=1S/C15H12BrFN2/c1-19-14-9-11(16)4-7-13(14)18-15(19)8-10-2-5-12(17)6-3-10/h2-7,9H,8H2,1H3. The molecule has 0 atom stereocenters. The van der Waals surface area contributed by atoms with E-state index in [1.54, 1.807) is 12.1 Å². The van der Waals surface area contributed by atoms with Crippen LogP contribution in [0.2, 0.25) is 0 Å². The highest BCUT2D eigenvalue weighted by atomic mass is 79.9. The second-order valence-electron chi connectivity index (χ2n) is 4.52. The van der Waals surface area contributed by atoms with Crippen LogP contribution in [-0.4, -0.2) is 9.55 Å². The molecule has 0 fully saturated rings. The fourth-order valence-electron chi connectivity index (χ4n) is 2.16. The second-order valence-corrected chi connectivity index (χ2v) is 5.44. The Balaban J connectivity index is 2.01. The number of hydrogen-bond acceptors (Lipinski definition) is 1. The van der Waals surface area contributed by atoms with E-state index in [0.29, 0.717) is 6.42 Å².